The molecule has 4 heteroatoms. The van der Waals surface area contributed by atoms with E-state index >= 15 is 0 Å². The van der Waals surface area contributed by atoms with E-state index in [4.69, 9.17) is 9.47 Å². The Hall–Kier alpha value is -1.16. The van der Waals surface area contributed by atoms with Gasteiger partial charge in [0.25, 0.3) is 0 Å². The molecule has 0 aliphatic heterocycles. The highest BCUT2D eigenvalue weighted by Crippen LogP contribution is 2.68. The molecule has 29 heavy (non-hydrogen) atoms. The topological polar surface area (TPSA) is 52.6 Å². The second-order valence-corrected chi connectivity index (χ2v) is 9.72. The monoisotopic (exact) mass is 404 g/mol. The van der Waals surface area contributed by atoms with Gasteiger partial charge in [0.2, 0.25) is 0 Å². The molecule has 0 aromatic carbocycles. The van der Waals surface area contributed by atoms with Gasteiger partial charge in [-0.2, -0.15) is 0 Å². The second kappa shape index (κ2) is 8.17. The Bertz CT molecular complexity index is 682. The van der Waals surface area contributed by atoms with E-state index in [1.165, 1.54) is 5.57 Å². The van der Waals surface area contributed by atoms with Crippen LogP contribution in [0.25, 0.3) is 0 Å². The van der Waals surface area contributed by atoms with Crippen LogP contribution in [0.15, 0.2) is 11.6 Å². The van der Waals surface area contributed by atoms with Crippen LogP contribution in [0.2, 0.25) is 0 Å². The number of carbonyl (C=O) groups excluding carboxylic acids is 2. The van der Waals surface area contributed by atoms with Gasteiger partial charge < -0.3 is 9.47 Å². The van der Waals surface area contributed by atoms with Crippen molar-refractivity contribution in [3.63, 3.8) is 0 Å². The molecule has 0 aromatic rings. The largest absolute Gasteiger partial charge is 0.464 e. The molecule has 0 amide bonds. The second-order valence-electron chi connectivity index (χ2n) is 9.72. The summed E-state index contributed by atoms with van der Waals surface area (Å²) in [5.74, 6) is 1.88. The SMILES string of the molecule is CC.CCOC(=O)C1(OC)CCC2C3CCC4=CC(=O)CCC4(C)C3CCC21C. The number of methoxy groups -OCH3 is 1. The van der Waals surface area contributed by atoms with Crippen LogP contribution in [0.3, 0.4) is 0 Å². The zero-order chi connectivity index (χ0) is 21.4. The molecule has 4 nitrogen and oxygen atoms in total. The average Bonchev–Trinajstić information content (AvgIpc) is 3.03. The van der Waals surface area contributed by atoms with Crippen molar-refractivity contribution >= 4 is 11.8 Å². The fourth-order valence-corrected chi connectivity index (χ4v) is 7.56. The summed E-state index contributed by atoms with van der Waals surface area (Å²) in [6.45, 7) is 10.9. The van der Waals surface area contributed by atoms with Crippen molar-refractivity contribution in [3.05, 3.63) is 11.6 Å². The van der Waals surface area contributed by atoms with Crippen molar-refractivity contribution in [2.24, 2.45) is 28.6 Å². The van der Waals surface area contributed by atoms with E-state index in [1.54, 1.807) is 7.11 Å². The summed E-state index contributed by atoms with van der Waals surface area (Å²) in [5.41, 5.74) is 0.612. The van der Waals surface area contributed by atoms with Gasteiger partial charge in [0.15, 0.2) is 11.4 Å². The number of fused-ring (bicyclic) bond motifs is 5. The minimum atomic E-state index is -0.793. The number of hydrogen-bond donors (Lipinski definition) is 0. The molecule has 4 aliphatic rings. The fraction of sp³-hybridized carbons (Fsp3) is 0.840. The quantitative estimate of drug-likeness (QED) is 0.583. The first kappa shape index (κ1) is 22.5. The molecule has 164 valence electrons. The van der Waals surface area contributed by atoms with Gasteiger partial charge in [-0.25, -0.2) is 4.79 Å². The first-order chi connectivity index (χ1) is 13.8. The predicted molar refractivity (Wildman–Crippen MR) is 114 cm³/mol. The third-order valence-corrected chi connectivity index (χ3v) is 9.04. The minimum absolute atomic E-state index is 0.156. The van der Waals surface area contributed by atoms with Crippen molar-refractivity contribution in [2.45, 2.75) is 91.6 Å². The van der Waals surface area contributed by atoms with E-state index in [9.17, 15) is 9.59 Å². The van der Waals surface area contributed by atoms with Gasteiger partial charge in [-0.3, -0.25) is 4.79 Å². The van der Waals surface area contributed by atoms with Crippen LogP contribution in [0, 0.1) is 28.6 Å². The van der Waals surface area contributed by atoms with Crippen molar-refractivity contribution in [1.29, 1.82) is 0 Å². The number of esters is 1. The highest BCUT2D eigenvalue weighted by molar-refractivity contribution is 5.91. The van der Waals surface area contributed by atoms with Crippen LogP contribution >= 0.6 is 0 Å². The van der Waals surface area contributed by atoms with Gasteiger partial charge in [0, 0.05) is 18.9 Å². The molecule has 0 bridgehead atoms. The van der Waals surface area contributed by atoms with Gasteiger partial charge in [-0.1, -0.05) is 33.3 Å². The molecule has 0 heterocycles. The molecule has 4 aliphatic carbocycles. The van der Waals surface area contributed by atoms with E-state index in [-0.39, 0.29) is 16.8 Å². The molecule has 0 N–H and O–H groups in total. The molecule has 0 saturated heterocycles. The van der Waals surface area contributed by atoms with Crippen LogP contribution in [0.5, 0.6) is 0 Å². The van der Waals surface area contributed by atoms with Crippen molar-refractivity contribution in [3.8, 4) is 0 Å². The molecule has 6 atom stereocenters. The van der Waals surface area contributed by atoms with Gasteiger partial charge in [-0.05, 0) is 81.1 Å². The van der Waals surface area contributed by atoms with E-state index in [1.807, 2.05) is 26.8 Å². The number of allylic oxidation sites excluding steroid dienone is 1. The van der Waals surface area contributed by atoms with Crippen LogP contribution in [0.4, 0.5) is 0 Å². The van der Waals surface area contributed by atoms with Gasteiger partial charge in [0.05, 0.1) is 6.61 Å². The van der Waals surface area contributed by atoms with Crippen LogP contribution in [-0.2, 0) is 19.1 Å². The minimum Gasteiger partial charge on any atom is -0.464 e. The third kappa shape index (κ3) is 3.12. The summed E-state index contributed by atoms with van der Waals surface area (Å²) in [6.07, 6.45) is 9.75. The summed E-state index contributed by atoms with van der Waals surface area (Å²) in [6, 6.07) is 0. The van der Waals surface area contributed by atoms with E-state index in [0.29, 0.717) is 36.6 Å². The van der Waals surface area contributed by atoms with E-state index in [0.717, 1.165) is 44.9 Å². The predicted octanol–water partition coefficient (Wildman–Crippen LogP) is 5.49. The zero-order valence-corrected chi connectivity index (χ0v) is 19.3. The van der Waals surface area contributed by atoms with Crippen molar-refractivity contribution in [1.82, 2.24) is 0 Å². The van der Waals surface area contributed by atoms with Gasteiger partial charge in [-0.15, -0.1) is 0 Å². The molecule has 0 spiro atoms. The Labute approximate surface area is 176 Å². The smallest absolute Gasteiger partial charge is 0.338 e. The summed E-state index contributed by atoms with van der Waals surface area (Å²) in [4.78, 5) is 24.9. The van der Waals surface area contributed by atoms with Crippen LogP contribution < -0.4 is 0 Å². The van der Waals surface area contributed by atoms with Crippen molar-refractivity contribution < 1.29 is 19.1 Å². The number of rotatable bonds is 3. The molecule has 4 rings (SSSR count). The fourth-order valence-electron chi connectivity index (χ4n) is 7.56. The Morgan fingerprint density at radius 3 is 2.41 bits per heavy atom. The lowest BCUT2D eigenvalue weighted by Gasteiger charge is -2.59. The lowest BCUT2D eigenvalue weighted by Crippen LogP contribution is -2.58. The lowest BCUT2D eigenvalue weighted by molar-refractivity contribution is -0.194. The molecule has 0 radical (unpaired) electrons. The van der Waals surface area contributed by atoms with Gasteiger partial charge >= 0.3 is 5.97 Å². The van der Waals surface area contributed by atoms with Crippen molar-refractivity contribution in [2.75, 3.05) is 13.7 Å². The number of ketones is 1. The van der Waals surface area contributed by atoms with E-state index in [2.05, 4.69) is 13.8 Å². The summed E-state index contributed by atoms with van der Waals surface area (Å²) in [7, 11) is 1.69. The normalized spacial score (nSPS) is 43.2. The molecular formula is C25H40O4. The standard InChI is InChI=1S/C23H34O4.C2H6/c1-5-27-20(25)23(26-4)13-10-19-17-7-6-15-14-16(24)8-11-21(15,2)18(17)9-12-22(19,23)3;1-2/h14,17-19H,5-13H2,1-4H3;1-2H3. The maximum Gasteiger partial charge on any atom is 0.338 e. The Morgan fingerprint density at radius 1 is 1.07 bits per heavy atom. The molecule has 3 fully saturated rings. The summed E-state index contributed by atoms with van der Waals surface area (Å²) in [5, 5.41) is 0. The molecular weight excluding hydrogens is 364 g/mol. The first-order valence-corrected chi connectivity index (χ1v) is 11.8. The zero-order valence-electron chi connectivity index (χ0n) is 19.3. The average molecular weight is 405 g/mol. The van der Waals surface area contributed by atoms with Gasteiger partial charge in [0.1, 0.15) is 0 Å². The summed E-state index contributed by atoms with van der Waals surface area (Å²) < 4.78 is 11.5. The molecule has 6 unspecified atom stereocenters. The highest BCUT2D eigenvalue weighted by atomic mass is 16.6. The first-order valence-electron chi connectivity index (χ1n) is 11.8. The maximum atomic E-state index is 13.0. The maximum absolute atomic E-state index is 13.0. The highest BCUT2D eigenvalue weighted by Gasteiger charge is 2.68. The lowest BCUT2D eigenvalue weighted by atomic mass is 9.46. The molecule has 0 aromatic heterocycles. The molecule has 3 saturated carbocycles. The number of hydrogen-bond acceptors (Lipinski definition) is 4. The Morgan fingerprint density at radius 2 is 1.76 bits per heavy atom. The Kier molecular flexibility index (Phi) is 6.34. The number of ether oxygens (including phenoxy) is 2. The van der Waals surface area contributed by atoms with Crippen LogP contribution in [-0.4, -0.2) is 31.1 Å². The van der Waals surface area contributed by atoms with Crippen LogP contribution in [0.1, 0.15) is 86.0 Å². The third-order valence-electron chi connectivity index (χ3n) is 9.04. The van der Waals surface area contributed by atoms with E-state index < -0.39 is 5.60 Å². The number of carbonyl (C=O) groups is 2. The Balaban J connectivity index is 0.00000117. The summed E-state index contributed by atoms with van der Waals surface area (Å²) >= 11 is 0.